The number of aliphatic hydroxyl groups excluding tert-OH is 1. The topological polar surface area (TPSA) is 82.9 Å². The molecule has 1 aromatic carbocycles. The van der Waals surface area contributed by atoms with Gasteiger partial charge in [-0.1, -0.05) is 25.7 Å². The van der Waals surface area contributed by atoms with Crippen LogP contribution in [0.3, 0.4) is 0 Å². The van der Waals surface area contributed by atoms with Gasteiger partial charge in [0, 0.05) is 18.1 Å². The second-order valence-electron chi connectivity index (χ2n) is 9.61. The summed E-state index contributed by atoms with van der Waals surface area (Å²) in [4.78, 5) is 18.8. The molecule has 4 rings (SSSR count). The first-order chi connectivity index (χ1) is 15.5. The van der Waals surface area contributed by atoms with E-state index in [1.54, 1.807) is 13.3 Å². The third kappa shape index (κ3) is 5.41. The molecule has 32 heavy (non-hydrogen) atoms. The molecule has 174 valence electrons. The van der Waals surface area contributed by atoms with E-state index < -0.39 is 12.1 Å². The van der Waals surface area contributed by atoms with Gasteiger partial charge in [-0.2, -0.15) is 0 Å². The molecule has 0 bridgehead atoms. The number of hydrogen-bond acceptors (Lipinski definition) is 5. The van der Waals surface area contributed by atoms with Crippen LogP contribution < -0.4 is 4.74 Å². The molecule has 1 aliphatic carbocycles. The molecular weight excluding hydrogens is 404 g/mol. The summed E-state index contributed by atoms with van der Waals surface area (Å²) < 4.78 is 5.34. The standard InChI is InChI=1S/C26H36N2O4/c1-32-20-7-8-24-22(16-20)21(10-13-27-24)25(29)9-6-19-12-15-28(17-23(19)26(30)31)14-11-18-4-2-3-5-18/h7-8,10,13,16,18-19,23,25,29H,2-6,9,11-12,14-15,17H2,1H3,(H,30,31)/t19-,23+,25-/m1/s1. The van der Waals surface area contributed by atoms with Gasteiger partial charge in [-0.05, 0) is 80.4 Å². The second kappa shape index (κ2) is 10.6. The average molecular weight is 441 g/mol. The quantitative estimate of drug-likeness (QED) is 0.590. The van der Waals surface area contributed by atoms with E-state index in [4.69, 9.17) is 4.74 Å². The Kier molecular flexibility index (Phi) is 7.63. The maximum Gasteiger partial charge on any atom is 0.308 e. The van der Waals surface area contributed by atoms with Crippen molar-refractivity contribution in [2.45, 2.75) is 57.5 Å². The third-order valence-electron chi connectivity index (χ3n) is 7.64. The number of rotatable bonds is 9. The fourth-order valence-electron chi connectivity index (χ4n) is 5.65. The van der Waals surface area contributed by atoms with Crippen LogP contribution in [0, 0.1) is 17.8 Å². The lowest BCUT2D eigenvalue weighted by Crippen LogP contribution is -2.44. The molecule has 1 aromatic heterocycles. The zero-order chi connectivity index (χ0) is 22.5. The van der Waals surface area contributed by atoms with Gasteiger partial charge in [0.1, 0.15) is 5.75 Å². The van der Waals surface area contributed by atoms with Gasteiger partial charge in [-0.25, -0.2) is 0 Å². The Labute approximate surface area is 190 Å². The summed E-state index contributed by atoms with van der Waals surface area (Å²) in [6, 6.07) is 7.52. The Balaban J connectivity index is 1.36. The zero-order valence-corrected chi connectivity index (χ0v) is 19.1. The number of pyridine rings is 1. The van der Waals surface area contributed by atoms with E-state index in [0.29, 0.717) is 19.4 Å². The number of carboxylic acid groups (broad SMARTS) is 1. The molecule has 2 aliphatic rings. The monoisotopic (exact) mass is 440 g/mol. The molecular formula is C26H36N2O4. The number of ether oxygens (including phenoxy) is 1. The molecule has 2 aromatic rings. The smallest absolute Gasteiger partial charge is 0.308 e. The van der Waals surface area contributed by atoms with Gasteiger partial charge in [0.2, 0.25) is 0 Å². The maximum absolute atomic E-state index is 12.0. The lowest BCUT2D eigenvalue weighted by Gasteiger charge is -2.37. The summed E-state index contributed by atoms with van der Waals surface area (Å²) in [6.07, 6.45) is 9.80. The molecule has 0 unspecified atom stereocenters. The number of fused-ring (bicyclic) bond motifs is 1. The van der Waals surface area contributed by atoms with E-state index in [2.05, 4.69) is 9.88 Å². The fraction of sp³-hybridized carbons (Fsp3) is 0.615. The molecule has 6 heteroatoms. The highest BCUT2D eigenvalue weighted by molar-refractivity contribution is 5.83. The molecule has 6 nitrogen and oxygen atoms in total. The molecule has 2 fully saturated rings. The van der Waals surface area contributed by atoms with Gasteiger partial charge in [-0.15, -0.1) is 0 Å². The SMILES string of the molecule is COc1ccc2nccc([C@H](O)CC[C@@H]3CCN(CCC4CCCC4)C[C@@H]3C(=O)O)c2c1. The van der Waals surface area contributed by atoms with Crippen molar-refractivity contribution in [2.24, 2.45) is 17.8 Å². The van der Waals surface area contributed by atoms with Crippen molar-refractivity contribution in [3.05, 3.63) is 36.0 Å². The molecule has 0 spiro atoms. The molecule has 2 heterocycles. The maximum atomic E-state index is 12.0. The van der Waals surface area contributed by atoms with E-state index in [9.17, 15) is 15.0 Å². The van der Waals surface area contributed by atoms with Crippen LogP contribution >= 0.6 is 0 Å². The van der Waals surface area contributed by atoms with Crippen LogP contribution in [-0.4, -0.2) is 52.8 Å². The highest BCUT2D eigenvalue weighted by Gasteiger charge is 2.34. The molecule has 3 atom stereocenters. The van der Waals surface area contributed by atoms with E-state index in [1.165, 1.54) is 32.1 Å². The minimum Gasteiger partial charge on any atom is -0.497 e. The molecule has 0 amide bonds. The molecule has 0 radical (unpaired) electrons. The summed E-state index contributed by atoms with van der Waals surface area (Å²) >= 11 is 0. The predicted molar refractivity (Wildman–Crippen MR) is 125 cm³/mol. The molecule has 2 N–H and O–H groups in total. The summed E-state index contributed by atoms with van der Waals surface area (Å²) in [5, 5.41) is 21.7. The number of aliphatic carboxylic acids is 1. The van der Waals surface area contributed by atoms with E-state index in [1.807, 2.05) is 24.3 Å². The van der Waals surface area contributed by atoms with Crippen LogP contribution in [0.25, 0.3) is 10.9 Å². The summed E-state index contributed by atoms with van der Waals surface area (Å²) in [5.74, 6) is 0.616. The van der Waals surface area contributed by atoms with Gasteiger partial charge in [0.15, 0.2) is 0 Å². The Hall–Kier alpha value is -2.18. The third-order valence-corrected chi connectivity index (χ3v) is 7.64. The first-order valence-corrected chi connectivity index (χ1v) is 12.1. The van der Waals surface area contributed by atoms with Crippen LogP contribution in [0.5, 0.6) is 5.75 Å². The van der Waals surface area contributed by atoms with Gasteiger partial charge >= 0.3 is 5.97 Å². The Morgan fingerprint density at radius 2 is 2.03 bits per heavy atom. The van der Waals surface area contributed by atoms with Gasteiger partial charge in [0.25, 0.3) is 0 Å². The van der Waals surface area contributed by atoms with Crippen LogP contribution in [0.2, 0.25) is 0 Å². The Morgan fingerprint density at radius 3 is 2.78 bits per heavy atom. The normalized spacial score (nSPS) is 23.4. The molecule has 1 aliphatic heterocycles. The van der Waals surface area contributed by atoms with Crippen LogP contribution in [-0.2, 0) is 4.79 Å². The van der Waals surface area contributed by atoms with Crippen molar-refractivity contribution in [1.82, 2.24) is 9.88 Å². The lowest BCUT2D eigenvalue weighted by molar-refractivity contribution is -0.146. The van der Waals surface area contributed by atoms with E-state index in [-0.39, 0.29) is 11.8 Å². The van der Waals surface area contributed by atoms with Crippen molar-refractivity contribution in [3.63, 3.8) is 0 Å². The number of nitrogens with zero attached hydrogens (tertiary/aromatic N) is 2. The highest BCUT2D eigenvalue weighted by Crippen LogP contribution is 2.34. The number of carbonyl (C=O) groups is 1. The first-order valence-electron chi connectivity index (χ1n) is 12.1. The van der Waals surface area contributed by atoms with Crippen molar-refractivity contribution < 1.29 is 19.7 Å². The lowest BCUT2D eigenvalue weighted by atomic mass is 9.81. The largest absolute Gasteiger partial charge is 0.497 e. The van der Waals surface area contributed by atoms with E-state index >= 15 is 0 Å². The average Bonchev–Trinajstić information content (AvgIpc) is 3.34. The number of aliphatic hydroxyl groups is 1. The van der Waals surface area contributed by atoms with Crippen LogP contribution in [0.4, 0.5) is 0 Å². The first kappa shape index (κ1) is 23.0. The number of hydrogen-bond donors (Lipinski definition) is 2. The Bertz CT molecular complexity index is 912. The van der Waals surface area contributed by atoms with Gasteiger partial charge < -0.3 is 19.8 Å². The van der Waals surface area contributed by atoms with Crippen molar-refractivity contribution in [2.75, 3.05) is 26.7 Å². The second-order valence-corrected chi connectivity index (χ2v) is 9.61. The summed E-state index contributed by atoms with van der Waals surface area (Å²) in [6.45, 7) is 2.62. The summed E-state index contributed by atoms with van der Waals surface area (Å²) in [7, 11) is 1.62. The highest BCUT2D eigenvalue weighted by atomic mass is 16.5. The predicted octanol–water partition coefficient (Wildman–Crippen LogP) is 4.66. The number of methoxy groups -OCH3 is 1. The molecule has 1 saturated heterocycles. The Morgan fingerprint density at radius 1 is 1.22 bits per heavy atom. The number of aromatic nitrogens is 1. The van der Waals surface area contributed by atoms with Crippen LogP contribution in [0.15, 0.2) is 30.5 Å². The van der Waals surface area contributed by atoms with Crippen molar-refractivity contribution >= 4 is 16.9 Å². The number of carboxylic acids is 1. The van der Waals surface area contributed by atoms with Crippen molar-refractivity contribution in [1.29, 1.82) is 0 Å². The number of likely N-dealkylation sites (tertiary alicyclic amines) is 1. The van der Waals surface area contributed by atoms with Gasteiger partial charge in [0.05, 0.1) is 24.6 Å². The summed E-state index contributed by atoms with van der Waals surface area (Å²) in [5.41, 5.74) is 1.65. The minimum absolute atomic E-state index is 0.104. The number of piperidine rings is 1. The van der Waals surface area contributed by atoms with E-state index in [0.717, 1.165) is 47.6 Å². The zero-order valence-electron chi connectivity index (χ0n) is 19.1. The minimum atomic E-state index is -0.700. The van der Waals surface area contributed by atoms with Crippen molar-refractivity contribution in [3.8, 4) is 5.75 Å². The van der Waals surface area contributed by atoms with Crippen LogP contribution in [0.1, 0.15) is 63.0 Å². The fourth-order valence-corrected chi connectivity index (χ4v) is 5.65. The molecule has 1 saturated carbocycles. The van der Waals surface area contributed by atoms with Gasteiger partial charge in [-0.3, -0.25) is 9.78 Å². The number of benzene rings is 1.